The van der Waals surface area contributed by atoms with E-state index in [4.69, 9.17) is 23.8 Å². The molecular weight excluding hydrogens is 629 g/mol. The summed E-state index contributed by atoms with van der Waals surface area (Å²) in [7, 11) is 0. The van der Waals surface area contributed by atoms with Crippen LogP contribution in [-0.2, 0) is 0 Å². The Morgan fingerprint density at radius 1 is 0.373 bits per heavy atom. The minimum Gasteiger partial charge on any atom is -0.456 e. The van der Waals surface area contributed by atoms with E-state index >= 15 is 0 Å². The molecule has 0 aliphatic carbocycles. The van der Waals surface area contributed by atoms with Crippen LogP contribution in [0.15, 0.2) is 167 Å². The highest BCUT2D eigenvalue weighted by Gasteiger charge is 2.22. The van der Waals surface area contributed by atoms with Gasteiger partial charge in [-0.15, -0.1) is 0 Å². The van der Waals surface area contributed by atoms with Crippen molar-refractivity contribution in [3.8, 4) is 39.9 Å². The molecule has 0 radical (unpaired) electrons. The van der Waals surface area contributed by atoms with E-state index in [2.05, 4.69) is 83.4 Å². The molecule has 6 heteroatoms. The molecule has 11 rings (SSSR count). The zero-order valence-corrected chi connectivity index (χ0v) is 27.1. The van der Waals surface area contributed by atoms with Crippen molar-refractivity contribution in [2.75, 3.05) is 0 Å². The quantitative estimate of drug-likeness (QED) is 0.189. The second-order valence-corrected chi connectivity index (χ2v) is 12.8. The highest BCUT2D eigenvalue weighted by atomic mass is 16.3. The van der Waals surface area contributed by atoms with E-state index < -0.39 is 0 Å². The van der Waals surface area contributed by atoms with Crippen molar-refractivity contribution in [1.82, 2.24) is 19.5 Å². The van der Waals surface area contributed by atoms with Crippen molar-refractivity contribution >= 4 is 65.7 Å². The number of hydrogen-bond donors (Lipinski definition) is 0. The summed E-state index contributed by atoms with van der Waals surface area (Å²) in [6, 6.07) is 53.8. The Morgan fingerprint density at radius 2 is 0.941 bits per heavy atom. The van der Waals surface area contributed by atoms with E-state index in [0.29, 0.717) is 17.5 Å². The fraction of sp³-hybridized carbons (Fsp3) is 0. The van der Waals surface area contributed by atoms with Crippen molar-refractivity contribution in [3.63, 3.8) is 0 Å². The maximum Gasteiger partial charge on any atom is 0.164 e. The number of para-hydroxylation sites is 3. The second kappa shape index (κ2) is 10.7. The molecular formula is C45H26N4O2. The lowest BCUT2D eigenvalue weighted by Crippen LogP contribution is -2.00. The molecule has 11 aromatic rings. The number of hydrogen-bond acceptors (Lipinski definition) is 5. The van der Waals surface area contributed by atoms with Crippen LogP contribution < -0.4 is 0 Å². The molecule has 0 atom stereocenters. The number of nitrogens with zero attached hydrogens (tertiary/aromatic N) is 4. The molecule has 0 fully saturated rings. The summed E-state index contributed by atoms with van der Waals surface area (Å²) < 4.78 is 15.2. The van der Waals surface area contributed by atoms with E-state index in [1.54, 1.807) is 0 Å². The molecule has 238 valence electrons. The SMILES string of the molecule is c1ccc(-c2nc(-c3cccc4oc5ccccc5c34)nc(-c3cccc4oc5cc6c7ccccc7n(-c7ccccc7)c6cc5c34)n2)cc1. The molecule has 0 aliphatic heterocycles. The van der Waals surface area contributed by atoms with Crippen LogP contribution in [0.4, 0.5) is 0 Å². The van der Waals surface area contributed by atoms with Crippen molar-refractivity contribution < 1.29 is 8.83 Å². The average Bonchev–Trinajstić information content (AvgIpc) is 3.86. The van der Waals surface area contributed by atoms with Gasteiger partial charge in [-0.3, -0.25) is 0 Å². The minimum absolute atomic E-state index is 0.570. The topological polar surface area (TPSA) is 69.9 Å². The van der Waals surface area contributed by atoms with Gasteiger partial charge in [-0.05, 0) is 48.5 Å². The number of benzene rings is 7. The monoisotopic (exact) mass is 654 g/mol. The van der Waals surface area contributed by atoms with Crippen LogP contribution in [0.1, 0.15) is 0 Å². The summed E-state index contributed by atoms with van der Waals surface area (Å²) in [5.41, 5.74) is 9.22. The molecule has 51 heavy (non-hydrogen) atoms. The fourth-order valence-electron chi connectivity index (χ4n) is 7.62. The molecule has 0 spiro atoms. The molecule has 0 aliphatic rings. The molecule has 0 amide bonds. The molecule has 0 bridgehead atoms. The molecule has 6 nitrogen and oxygen atoms in total. The zero-order chi connectivity index (χ0) is 33.5. The molecule has 0 unspecified atom stereocenters. The maximum absolute atomic E-state index is 6.62. The van der Waals surface area contributed by atoms with Gasteiger partial charge in [0.1, 0.15) is 22.3 Å². The first kappa shape index (κ1) is 27.9. The summed E-state index contributed by atoms with van der Waals surface area (Å²) in [5, 5.41) is 6.27. The third-order valence-corrected chi connectivity index (χ3v) is 9.86. The maximum atomic E-state index is 6.62. The van der Waals surface area contributed by atoms with Crippen molar-refractivity contribution in [2.24, 2.45) is 0 Å². The lowest BCUT2D eigenvalue weighted by atomic mass is 10.0. The summed E-state index contributed by atoms with van der Waals surface area (Å²) in [6.07, 6.45) is 0. The summed E-state index contributed by atoms with van der Waals surface area (Å²) in [6.45, 7) is 0. The molecule has 4 heterocycles. The van der Waals surface area contributed by atoms with Gasteiger partial charge in [-0.1, -0.05) is 109 Å². The average molecular weight is 655 g/mol. The predicted molar refractivity (Wildman–Crippen MR) is 205 cm³/mol. The Bertz CT molecular complexity index is 3140. The number of rotatable bonds is 4. The smallest absolute Gasteiger partial charge is 0.164 e. The van der Waals surface area contributed by atoms with Crippen molar-refractivity contribution in [2.45, 2.75) is 0 Å². The Labute approximate surface area is 290 Å². The largest absolute Gasteiger partial charge is 0.456 e. The standard InChI is InChI=1S/C45H26N4O2/c1-3-13-27(14-4-1)43-46-44(31-19-11-23-38-41(31)30-18-8-10-22-37(30)50-38)48-45(47-43)32-20-12-24-39-42(32)34-25-36-33(26-40(34)51-39)29-17-7-9-21-35(29)49(36)28-15-5-2-6-16-28/h1-26H. The molecule has 7 aromatic carbocycles. The van der Waals surface area contributed by atoms with Gasteiger partial charge >= 0.3 is 0 Å². The number of furan rings is 2. The van der Waals surface area contributed by atoms with Gasteiger partial charge in [-0.25, -0.2) is 15.0 Å². The summed E-state index contributed by atoms with van der Waals surface area (Å²) in [4.78, 5) is 15.4. The first-order chi connectivity index (χ1) is 25.3. The van der Waals surface area contributed by atoms with Crippen molar-refractivity contribution in [1.29, 1.82) is 0 Å². The lowest BCUT2D eigenvalue weighted by molar-refractivity contribution is 0.669. The first-order valence-corrected chi connectivity index (χ1v) is 16.9. The van der Waals surface area contributed by atoms with Crippen LogP contribution in [-0.4, -0.2) is 19.5 Å². The third kappa shape index (κ3) is 4.20. The number of aromatic nitrogens is 4. The van der Waals surface area contributed by atoms with Crippen molar-refractivity contribution in [3.05, 3.63) is 158 Å². The summed E-state index contributed by atoms with van der Waals surface area (Å²) >= 11 is 0. The third-order valence-electron chi connectivity index (χ3n) is 9.86. The van der Waals surface area contributed by atoms with E-state index in [-0.39, 0.29) is 0 Å². The van der Waals surface area contributed by atoms with Gasteiger partial charge in [0.2, 0.25) is 0 Å². The van der Waals surface area contributed by atoms with Gasteiger partial charge in [0.05, 0.1) is 11.0 Å². The van der Waals surface area contributed by atoms with Crippen LogP contribution in [0.2, 0.25) is 0 Å². The highest BCUT2D eigenvalue weighted by molar-refractivity contribution is 6.19. The van der Waals surface area contributed by atoms with E-state index in [9.17, 15) is 0 Å². The molecule has 0 saturated heterocycles. The summed E-state index contributed by atoms with van der Waals surface area (Å²) in [5.74, 6) is 1.74. The fourth-order valence-corrected chi connectivity index (χ4v) is 7.62. The van der Waals surface area contributed by atoms with Crippen LogP contribution >= 0.6 is 0 Å². The Hall–Kier alpha value is -7.05. The Kier molecular flexibility index (Phi) is 5.86. The lowest BCUT2D eigenvalue weighted by Gasteiger charge is -2.10. The predicted octanol–water partition coefficient (Wildman–Crippen LogP) is 11.8. The second-order valence-electron chi connectivity index (χ2n) is 12.8. The Balaban J connectivity index is 1.21. The number of fused-ring (bicyclic) bond motifs is 9. The van der Waals surface area contributed by atoms with E-state index in [1.165, 1.54) is 5.39 Å². The minimum atomic E-state index is 0.570. The Morgan fingerprint density at radius 3 is 1.69 bits per heavy atom. The van der Waals surface area contributed by atoms with Crippen LogP contribution in [0, 0.1) is 0 Å². The van der Waals surface area contributed by atoms with Gasteiger partial charge in [0.25, 0.3) is 0 Å². The van der Waals surface area contributed by atoms with Crippen LogP contribution in [0.5, 0.6) is 0 Å². The van der Waals surface area contributed by atoms with Crippen LogP contribution in [0.3, 0.4) is 0 Å². The molecule has 4 aromatic heterocycles. The van der Waals surface area contributed by atoms with Gasteiger partial charge < -0.3 is 13.4 Å². The molecule has 0 saturated carbocycles. The normalized spacial score (nSPS) is 11.9. The zero-order valence-electron chi connectivity index (χ0n) is 27.1. The molecule has 0 N–H and O–H groups in total. The van der Waals surface area contributed by atoms with Gasteiger partial charge in [0.15, 0.2) is 17.5 Å². The van der Waals surface area contributed by atoms with E-state index in [0.717, 1.165) is 82.7 Å². The first-order valence-electron chi connectivity index (χ1n) is 16.9. The van der Waals surface area contributed by atoms with Crippen LogP contribution in [0.25, 0.3) is 106 Å². The highest BCUT2D eigenvalue weighted by Crippen LogP contribution is 2.42. The van der Waals surface area contributed by atoms with E-state index in [1.807, 2.05) is 78.9 Å². The van der Waals surface area contributed by atoms with Gasteiger partial charge in [-0.2, -0.15) is 0 Å². The van der Waals surface area contributed by atoms with Gasteiger partial charge in [0, 0.05) is 54.7 Å².